The van der Waals surface area contributed by atoms with Crippen molar-refractivity contribution in [3.05, 3.63) is 130 Å². The van der Waals surface area contributed by atoms with E-state index in [0.717, 1.165) is 39.7 Å². The molecule has 1 heterocycles. The van der Waals surface area contributed by atoms with Gasteiger partial charge in [0.25, 0.3) is 5.91 Å². The number of aryl methyl sites for hydroxylation is 2. The van der Waals surface area contributed by atoms with E-state index >= 15 is 0 Å². The molecule has 5 aromatic rings. The number of nitrogens with zero attached hydrogens (tertiary/aromatic N) is 3. The molecule has 0 atom stereocenters. The first-order valence-electron chi connectivity index (χ1n) is 15.3. The number of rotatable bonds is 11. The maximum Gasteiger partial charge on any atom is 0.339 e. The summed E-state index contributed by atoms with van der Waals surface area (Å²) in [7, 11) is 0. The minimum Gasteiger partial charge on any atom is -0.457 e. The number of amides is 2. The Hall–Kier alpha value is -5.68. The smallest absolute Gasteiger partial charge is 0.339 e. The molecule has 2 amide bonds. The first-order chi connectivity index (χ1) is 22.2. The van der Waals surface area contributed by atoms with Crippen molar-refractivity contribution in [1.82, 2.24) is 9.47 Å². The van der Waals surface area contributed by atoms with Gasteiger partial charge in [0.05, 0.1) is 23.7 Å². The Labute approximate surface area is 268 Å². The van der Waals surface area contributed by atoms with Gasteiger partial charge in [-0.15, -0.1) is 0 Å². The van der Waals surface area contributed by atoms with Crippen LogP contribution in [0.15, 0.2) is 91.1 Å². The highest BCUT2D eigenvalue weighted by atomic mass is 16.5. The van der Waals surface area contributed by atoms with E-state index in [1.807, 2.05) is 73.7 Å². The Balaban J connectivity index is 1.63. The van der Waals surface area contributed by atoms with Crippen LogP contribution < -0.4 is 5.73 Å². The second-order valence-corrected chi connectivity index (χ2v) is 11.2. The molecule has 0 aliphatic heterocycles. The van der Waals surface area contributed by atoms with E-state index in [0.29, 0.717) is 40.8 Å². The molecule has 0 aliphatic rings. The number of nitrogens with two attached hydrogens (primary N) is 1. The van der Waals surface area contributed by atoms with Gasteiger partial charge in [0.1, 0.15) is 6.61 Å². The Morgan fingerprint density at radius 3 is 2.39 bits per heavy atom. The number of nitriles is 1. The maximum absolute atomic E-state index is 13.6. The number of fused-ring (bicyclic) bond motifs is 1. The molecule has 0 unspecified atom stereocenters. The van der Waals surface area contributed by atoms with Gasteiger partial charge >= 0.3 is 5.97 Å². The lowest BCUT2D eigenvalue weighted by molar-refractivity contribution is -0.118. The number of esters is 1. The van der Waals surface area contributed by atoms with Crippen LogP contribution in [0.4, 0.5) is 0 Å². The molecule has 0 bridgehead atoms. The normalized spacial score (nSPS) is 10.8. The highest BCUT2D eigenvalue weighted by Gasteiger charge is 2.22. The molecule has 232 valence electrons. The highest BCUT2D eigenvalue weighted by molar-refractivity contribution is 6.01. The van der Waals surface area contributed by atoms with Crippen LogP contribution in [-0.2, 0) is 29.1 Å². The van der Waals surface area contributed by atoms with Crippen LogP contribution in [0, 0.1) is 18.3 Å². The molecule has 46 heavy (non-hydrogen) atoms. The fraction of sp³-hybridized carbons (Fsp3) is 0.211. The van der Waals surface area contributed by atoms with Crippen LogP contribution in [0.25, 0.3) is 22.0 Å². The predicted molar refractivity (Wildman–Crippen MR) is 178 cm³/mol. The van der Waals surface area contributed by atoms with E-state index in [1.54, 1.807) is 25.1 Å². The van der Waals surface area contributed by atoms with Crippen molar-refractivity contribution in [3.8, 4) is 17.2 Å². The van der Waals surface area contributed by atoms with Crippen LogP contribution in [-0.4, -0.2) is 40.3 Å². The number of hydrogen-bond donors (Lipinski definition) is 1. The molecule has 4 aromatic carbocycles. The number of primary amides is 1. The van der Waals surface area contributed by atoms with Crippen molar-refractivity contribution in [2.75, 3.05) is 13.1 Å². The topological polar surface area (TPSA) is 118 Å². The predicted octanol–water partition coefficient (Wildman–Crippen LogP) is 6.40. The van der Waals surface area contributed by atoms with Crippen molar-refractivity contribution in [1.29, 1.82) is 5.26 Å². The summed E-state index contributed by atoms with van der Waals surface area (Å²) in [6, 6.07) is 28.4. The van der Waals surface area contributed by atoms with Gasteiger partial charge in [-0.2, -0.15) is 5.26 Å². The Morgan fingerprint density at radius 2 is 1.70 bits per heavy atom. The molecule has 0 radical (unpaired) electrons. The zero-order valence-electron chi connectivity index (χ0n) is 26.2. The fourth-order valence-electron chi connectivity index (χ4n) is 5.72. The Kier molecular flexibility index (Phi) is 9.63. The Morgan fingerprint density at radius 1 is 0.913 bits per heavy atom. The van der Waals surface area contributed by atoms with Gasteiger partial charge in [0, 0.05) is 42.2 Å². The number of carbonyl (C=O) groups excluding carboxylic acids is 3. The summed E-state index contributed by atoms with van der Waals surface area (Å²) in [6.45, 7) is 6.72. The third-order valence-electron chi connectivity index (χ3n) is 8.09. The van der Waals surface area contributed by atoms with E-state index in [4.69, 9.17) is 10.5 Å². The third-order valence-corrected chi connectivity index (χ3v) is 8.09. The first kappa shape index (κ1) is 31.7. The molecule has 2 N–H and O–H groups in total. The quantitative estimate of drug-likeness (QED) is 0.173. The number of likely N-dealkylation sites (N-methyl/N-ethyl adjacent to an activating group) is 1. The van der Waals surface area contributed by atoms with E-state index < -0.39 is 11.9 Å². The van der Waals surface area contributed by atoms with Crippen molar-refractivity contribution >= 4 is 28.7 Å². The van der Waals surface area contributed by atoms with Gasteiger partial charge in [0.15, 0.2) is 0 Å². The lowest BCUT2D eigenvalue weighted by Gasteiger charge is -2.21. The summed E-state index contributed by atoms with van der Waals surface area (Å²) in [5, 5.41) is 10.5. The van der Waals surface area contributed by atoms with Crippen LogP contribution in [0.5, 0.6) is 0 Å². The van der Waals surface area contributed by atoms with Gasteiger partial charge in [-0.3, -0.25) is 9.59 Å². The number of carbonyl (C=O) groups is 3. The molecule has 0 saturated carbocycles. The molecule has 0 saturated heterocycles. The number of hydrogen-bond acceptors (Lipinski definition) is 5. The second-order valence-electron chi connectivity index (χ2n) is 11.2. The summed E-state index contributed by atoms with van der Waals surface area (Å²) >= 11 is 0. The van der Waals surface area contributed by atoms with Crippen LogP contribution in [0.1, 0.15) is 62.4 Å². The Bertz CT molecular complexity index is 1970. The fourth-order valence-corrected chi connectivity index (χ4v) is 5.72. The minimum absolute atomic E-state index is 0.123. The van der Waals surface area contributed by atoms with Crippen molar-refractivity contribution in [2.45, 2.75) is 40.3 Å². The summed E-state index contributed by atoms with van der Waals surface area (Å²) < 4.78 is 7.88. The number of ether oxygens (including phenoxy) is 1. The van der Waals surface area contributed by atoms with Gasteiger partial charge in [-0.05, 0) is 78.9 Å². The monoisotopic (exact) mass is 612 g/mol. The van der Waals surface area contributed by atoms with Crippen LogP contribution in [0.3, 0.4) is 0 Å². The van der Waals surface area contributed by atoms with Gasteiger partial charge in [-0.1, -0.05) is 60.2 Å². The molecule has 0 aliphatic carbocycles. The maximum atomic E-state index is 13.6. The summed E-state index contributed by atoms with van der Waals surface area (Å²) in [5.41, 5.74) is 12.8. The lowest BCUT2D eigenvalue weighted by Crippen LogP contribution is -2.38. The molecular weight excluding hydrogens is 576 g/mol. The van der Waals surface area contributed by atoms with Crippen molar-refractivity contribution < 1.29 is 19.1 Å². The van der Waals surface area contributed by atoms with E-state index in [1.165, 1.54) is 4.90 Å². The summed E-state index contributed by atoms with van der Waals surface area (Å²) in [4.78, 5) is 40.3. The SMILES string of the molecule is CCN(CC(N)=O)C(=O)c1ccc(Cc2cn(CC)c3cc(C#N)ccc23)c(-c2ccc(C)cc2C(=O)OCc2ccccc2)c1. The van der Waals surface area contributed by atoms with Gasteiger partial charge < -0.3 is 19.9 Å². The number of aromatic nitrogens is 1. The van der Waals surface area contributed by atoms with Crippen LogP contribution in [0.2, 0.25) is 0 Å². The summed E-state index contributed by atoms with van der Waals surface area (Å²) in [5.74, 6) is -1.40. The summed E-state index contributed by atoms with van der Waals surface area (Å²) in [6.07, 6.45) is 2.59. The first-order valence-corrected chi connectivity index (χ1v) is 15.3. The second kappa shape index (κ2) is 14.0. The third kappa shape index (κ3) is 6.84. The van der Waals surface area contributed by atoms with E-state index in [2.05, 4.69) is 23.8 Å². The molecule has 8 heteroatoms. The zero-order chi connectivity index (χ0) is 32.8. The minimum atomic E-state index is -0.596. The average molecular weight is 613 g/mol. The largest absolute Gasteiger partial charge is 0.457 e. The number of benzene rings is 4. The van der Waals surface area contributed by atoms with Gasteiger partial charge in [-0.25, -0.2) is 4.79 Å². The molecule has 1 aromatic heterocycles. The lowest BCUT2D eigenvalue weighted by atomic mass is 9.89. The van der Waals surface area contributed by atoms with Crippen molar-refractivity contribution in [3.63, 3.8) is 0 Å². The van der Waals surface area contributed by atoms with Gasteiger partial charge in [0.2, 0.25) is 5.91 Å². The van der Waals surface area contributed by atoms with E-state index in [-0.39, 0.29) is 19.1 Å². The van der Waals surface area contributed by atoms with E-state index in [9.17, 15) is 19.6 Å². The standard InChI is InChI=1S/C38H36N4O4/c1-4-41-22-30(31-16-12-27(21-39)18-35(31)41)19-28-13-14-29(37(44)42(5-2)23-36(40)43)20-33(28)32-15-11-25(3)17-34(32)38(45)46-24-26-9-7-6-8-10-26/h6-18,20,22H,4-5,19,23-24H2,1-3H3,(H2,40,43). The average Bonchev–Trinajstić information content (AvgIpc) is 3.42. The highest BCUT2D eigenvalue weighted by Crippen LogP contribution is 2.34. The molecule has 0 fully saturated rings. The zero-order valence-corrected chi connectivity index (χ0v) is 26.2. The molecule has 5 rings (SSSR count). The van der Waals surface area contributed by atoms with Crippen LogP contribution >= 0.6 is 0 Å². The molecule has 8 nitrogen and oxygen atoms in total. The molecular formula is C38H36N4O4. The molecule has 0 spiro atoms. The van der Waals surface area contributed by atoms with Crippen molar-refractivity contribution in [2.24, 2.45) is 5.73 Å².